The minimum atomic E-state index is -4.82. The molecule has 158 valence electrons. The zero-order valence-electron chi connectivity index (χ0n) is 16.0. The number of alkyl halides is 3. The fourth-order valence-electron chi connectivity index (χ4n) is 3.24. The Kier molecular flexibility index (Phi) is 5.43. The Hall–Kier alpha value is -3.56. The minimum absolute atomic E-state index is 0.184. The van der Waals surface area contributed by atoms with Gasteiger partial charge in [-0.25, -0.2) is 4.79 Å². The number of ether oxygens (including phenoxy) is 1. The molecule has 0 bridgehead atoms. The van der Waals surface area contributed by atoms with Gasteiger partial charge in [-0.05, 0) is 49.2 Å². The third kappa shape index (κ3) is 4.37. The summed E-state index contributed by atoms with van der Waals surface area (Å²) in [6.45, 7) is 2.82. The van der Waals surface area contributed by atoms with Gasteiger partial charge in [0.05, 0.1) is 0 Å². The van der Waals surface area contributed by atoms with Crippen molar-refractivity contribution in [3.8, 4) is 5.75 Å². The predicted octanol–water partition coefficient (Wildman–Crippen LogP) is 3.30. The number of hydrogen-bond acceptors (Lipinski definition) is 4. The molecule has 0 saturated carbocycles. The van der Waals surface area contributed by atoms with Crippen LogP contribution in [0.1, 0.15) is 18.1 Å². The Morgan fingerprint density at radius 2 is 1.77 bits per heavy atom. The van der Waals surface area contributed by atoms with Gasteiger partial charge in [-0.2, -0.15) is 0 Å². The molecular weight excluding hydrogens is 403 g/mol. The monoisotopic (exact) mass is 421 g/mol. The van der Waals surface area contributed by atoms with Gasteiger partial charge in [-0.15, -0.1) is 13.2 Å². The average molecular weight is 421 g/mol. The maximum Gasteiger partial charge on any atom is 0.573 e. The van der Waals surface area contributed by atoms with E-state index in [0.29, 0.717) is 5.56 Å². The third-order valence-electron chi connectivity index (χ3n) is 4.63. The summed E-state index contributed by atoms with van der Waals surface area (Å²) in [7, 11) is 0. The smallest absolute Gasteiger partial charge is 0.406 e. The lowest BCUT2D eigenvalue weighted by molar-refractivity contribution is -0.274. The first kappa shape index (κ1) is 21.2. The van der Waals surface area contributed by atoms with E-state index in [9.17, 15) is 27.6 Å². The fraction of sp³-hybridized carbons (Fsp3) is 0.250. The van der Waals surface area contributed by atoms with E-state index in [1.54, 1.807) is 25.1 Å². The van der Waals surface area contributed by atoms with Crippen molar-refractivity contribution in [2.75, 3.05) is 11.9 Å². The molecule has 1 aliphatic rings. The molecule has 0 spiro atoms. The van der Waals surface area contributed by atoms with Crippen LogP contribution in [0.3, 0.4) is 0 Å². The Labute approximate surface area is 169 Å². The first-order valence-electron chi connectivity index (χ1n) is 8.85. The summed E-state index contributed by atoms with van der Waals surface area (Å²) < 4.78 is 40.3. The summed E-state index contributed by atoms with van der Waals surface area (Å²) >= 11 is 0. The second-order valence-corrected chi connectivity index (χ2v) is 6.88. The highest BCUT2D eigenvalue weighted by Gasteiger charge is 2.50. The Morgan fingerprint density at radius 3 is 2.37 bits per heavy atom. The molecule has 10 heteroatoms. The lowest BCUT2D eigenvalue weighted by atomic mass is 9.88. The molecule has 3 rings (SSSR count). The summed E-state index contributed by atoms with van der Waals surface area (Å²) in [4.78, 5) is 38.3. The first-order valence-corrected chi connectivity index (χ1v) is 8.85. The van der Waals surface area contributed by atoms with Crippen LogP contribution in [0, 0.1) is 6.92 Å². The van der Waals surface area contributed by atoms with Crippen molar-refractivity contribution >= 4 is 23.5 Å². The second kappa shape index (κ2) is 7.69. The average Bonchev–Trinajstić information content (AvgIpc) is 2.86. The van der Waals surface area contributed by atoms with Gasteiger partial charge in [0.25, 0.3) is 5.91 Å². The quantitative estimate of drug-likeness (QED) is 0.726. The normalized spacial score (nSPS) is 18.9. The number of amides is 4. The van der Waals surface area contributed by atoms with E-state index in [1.807, 2.05) is 13.0 Å². The number of nitrogens with zero attached hydrogens (tertiary/aromatic N) is 1. The molecule has 4 amide bonds. The summed E-state index contributed by atoms with van der Waals surface area (Å²) in [6.07, 6.45) is -4.82. The number of aryl methyl sites for hydroxylation is 1. The largest absolute Gasteiger partial charge is 0.573 e. The van der Waals surface area contributed by atoms with Gasteiger partial charge >= 0.3 is 12.4 Å². The van der Waals surface area contributed by atoms with Crippen LogP contribution >= 0.6 is 0 Å². The molecule has 2 aromatic carbocycles. The molecule has 1 fully saturated rings. The number of benzene rings is 2. The third-order valence-corrected chi connectivity index (χ3v) is 4.63. The molecule has 1 atom stereocenters. The van der Waals surface area contributed by atoms with Crippen molar-refractivity contribution in [1.29, 1.82) is 0 Å². The standard InChI is InChI=1S/C20H18F3N3O4/c1-12-5-3-4-6-15(12)19(2)17(28)26(18(29)25-19)11-16(27)24-13-7-9-14(10-8-13)30-20(21,22)23/h3-10H,11H2,1-2H3,(H,24,27)(H,25,29). The highest BCUT2D eigenvalue weighted by atomic mass is 19.4. The number of imide groups is 1. The number of halogens is 3. The van der Waals surface area contributed by atoms with E-state index in [-0.39, 0.29) is 5.69 Å². The van der Waals surface area contributed by atoms with Crippen LogP contribution in [0.2, 0.25) is 0 Å². The Bertz CT molecular complexity index is 992. The maximum absolute atomic E-state index is 12.9. The Morgan fingerprint density at radius 1 is 1.13 bits per heavy atom. The summed E-state index contributed by atoms with van der Waals surface area (Å²) in [5.74, 6) is -1.70. The van der Waals surface area contributed by atoms with Gasteiger partial charge in [-0.3, -0.25) is 14.5 Å². The maximum atomic E-state index is 12.9. The summed E-state index contributed by atoms with van der Waals surface area (Å²) in [5.41, 5.74) is 0.301. The van der Waals surface area contributed by atoms with Crippen LogP contribution < -0.4 is 15.4 Å². The van der Waals surface area contributed by atoms with Gasteiger partial charge in [0.1, 0.15) is 17.8 Å². The fourth-order valence-corrected chi connectivity index (χ4v) is 3.24. The van der Waals surface area contributed by atoms with Crippen molar-refractivity contribution in [2.45, 2.75) is 25.7 Å². The molecule has 1 aliphatic heterocycles. The Balaban J connectivity index is 1.68. The number of carbonyl (C=O) groups is 3. The van der Waals surface area contributed by atoms with E-state index in [1.165, 1.54) is 12.1 Å². The highest BCUT2D eigenvalue weighted by molar-refractivity contribution is 6.10. The van der Waals surface area contributed by atoms with Crippen molar-refractivity contribution in [1.82, 2.24) is 10.2 Å². The molecule has 1 saturated heterocycles. The second-order valence-electron chi connectivity index (χ2n) is 6.88. The van der Waals surface area contributed by atoms with Crippen LogP contribution in [-0.2, 0) is 15.1 Å². The van der Waals surface area contributed by atoms with Crippen LogP contribution in [0.5, 0.6) is 5.75 Å². The molecule has 2 aromatic rings. The first-order chi connectivity index (χ1) is 14.0. The predicted molar refractivity (Wildman–Crippen MR) is 101 cm³/mol. The van der Waals surface area contributed by atoms with Crippen molar-refractivity contribution in [3.63, 3.8) is 0 Å². The zero-order valence-corrected chi connectivity index (χ0v) is 16.0. The van der Waals surface area contributed by atoms with Crippen LogP contribution in [0.25, 0.3) is 0 Å². The highest BCUT2D eigenvalue weighted by Crippen LogP contribution is 2.31. The van der Waals surface area contributed by atoms with E-state index in [2.05, 4.69) is 15.4 Å². The van der Waals surface area contributed by atoms with E-state index < -0.39 is 42.0 Å². The number of anilines is 1. The SMILES string of the molecule is Cc1ccccc1C1(C)NC(=O)N(CC(=O)Nc2ccc(OC(F)(F)F)cc2)C1=O. The molecule has 30 heavy (non-hydrogen) atoms. The van der Waals surface area contributed by atoms with E-state index in [4.69, 9.17) is 0 Å². The van der Waals surface area contributed by atoms with E-state index >= 15 is 0 Å². The van der Waals surface area contributed by atoms with Crippen LogP contribution in [-0.4, -0.2) is 35.7 Å². The van der Waals surface area contributed by atoms with Crippen molar-refractivity contribution in [3.05, 3.63) is 59.7 Å². The zero-order chi connectivity index (χ0) is 22.1. The number of rotatable bonds is 5. The van der Waals surface area contributed by atoms with E-state index in [0.717, 1.165) is 22.6 Å². The van der Waals surface area contributed by atoms with Gasteiger partial charge < -0.3 is 15.4 Å². The van der Waals surface area contributed by atoms with Gasteiger partial charge in [0.15, 0.2) is 0 Å². The molecule has 7 nitrogen and oxygen atoms in total. The number of carbonyl (C=O) groups excluding carboxylic acids is 3. The van der Waals surface area contributed by atoms with Gasteiger partial charge in [0, 0.05) is 5.69 Å². The molecule has 2 N–H and O–H groups in total. The summed E-state index contributed by atoms with van der Waals surface area (Å²) in [6, 6.07) is 10.9. The molecule has 1 unspecified atom stereocenters. The minimum Gasteiger partial charge on any atom is -0.406 e. The van der Waals surface area contributed by atoms with Crippen molar-refractivity contribution < 1.29 is 32.3 Å². The van der Waals surface area contributed by atoms with Crippen molar-refractivity contribution in [2.24, 2.45) is 0 Å². The molecule has 1 heterocycles. The lowest BCUT2D eigenvalue weighted by Crippen LogP contribution is -2.42. The van der Waals surface area contributed by atoms with Crippen LogP contribution in [0.4, 0.5) is 23.7 Å². The number of nitrogens with one attached hydrogen (secondary N) is 2. The lowest BCUT2D eigenvalue weighted by Gasteiger charge is -2.24. The number of hydrogen-bond donors (Lipinski definition) is 2. The van der Waals surface area contributed by atoms with Gasteiger partial charge in [0.2, 0.25) is 5.91 Å². The molecule has 0 aliphatic carbocycles. The summed E-state index contributed by atoms with van der Waals surface area (Å²) in [5, 5.41) is 5.05. The topological polar surface area (TPSA) is 87.7 Å². The molecule has 0 radical (unpaired) electrons. The molecule has 0 aromatic heterocycles. The van der Waals surface area contributed by atoms with Gasteiger partial charge in [-0.1, -0.05) is 24.3 Å². The molecular formula is C20H18F3N3O4. The van der Waals surface area contributed by atoms with Crippen LogP contribution in [0.15, 0.2) is 48.5 Å². The number of urea groups is 1.